The maximum atomic E-state index is 11.3. The van der Waals surface area contributed by atoms with Crippen molar-refractivity contribution in [1.29, 1.82) is 0 Å². The van der Waals surface area contributed by atoms with Crippen LogP contribution in [-0.4, -0.2) is 29.3 Å². The third kappa shape index (κ3) is 2.94. The molecule has 1 aliphatic rings. The highest BCUT2D eigenvalue weighted by Gasteiger charge is 2.28. The van der Waals surface area contributed by atoms with E-state index in [1.165, 1.54) is 0 Å². The minimum atomic E-state index is -1.31. The Morgan fingerprint density at radius 2 is 1.92 bits per heavy atom. The molecule has 0 amide bonds. The fraction of sp³-hybridized carbons (Fsp3) is 0.368. The maximum Gasteiger partial charge on any atom is 0.511 e. The van der Waals surface area contributed by atoms with Crippen molar-refractivity contribution in [1.82, 2.24) is 4.98 Å². The summed E-state index contributed by atoms with van der Waals surface area (Å²) in [7, 11) is 0. The van der Waals surface area contributed by atoms with Crippen LogP contribution in [-0.2, 0) is 12.8 Å². The molecule has 0 saturated heterocycles. The van der Waals surface area contributed by atoms with Crippen molar-refractivity contribution >= 4 is 12.0 Å². The van der Waals surface area contributed by atoms with Crippen molar-refractivity contribution in [3.8, 4) is 16.9 Å². The van der Waals surface area contributed by atoms with Gasteiger partial charge in [-0.3, -0.25) is 0 Å². The molecule has 0 atom stereocenters. The molecule has 1 heterocycles. The summed E-state index contributed by atoms with van der Waals surface area (Å²) >= 11 is 0. The molecule has 1 aliphatic carbocycles. The predicted octanol–water partition coefficient (Wildman–Crippen LogP) is 4.14. The Balaban J connectivity index is 2.29. The van der Waals surface area contributed by atoms with Gasteiger partial charge in [0.1, 0.15) is 0 Å². The first-order valence-electron chi connectivity index (χ1n) is 8.42. The Bertz CT molecular complexity index is 740. The molecule has 126 valence electrons. The molecular formula is C19H22N2O3. The lowest BCUT2D eigenvalue weighted by molar-refractivity contribution is 0.144. The van der Waals surface area contributed by atoms with E-state index in [2.05, 4.69) is 0 Å². The van der Waals surface area contributed by atoms with Gasteiger partial charge >= 0.3 is 6.16 Å². The van der Waals surface area contributed by atoms with Gasteiger partial charge in [-0.15, -0.1) is 0 Å². The topological polar surface area (TPSA) is 62.7 Å². The molecule has 1 N–H and O–H groups in total. The van der Waals surface area contributed by atoms with Gasteiger partial charge in [0.15, 0.2) is 11.6 Å². The minimum Gasteiger partial charge on any atom is -0.449 e. The summed E-state index contributed by atoms with van der Waals surface area (Å²) in [4.78, 5) is 18.2. The summed E-state index contributed by atoms with van der Waals surface area (Å²) < 4.78 is 5.25. The molecular weight excluding hydrogens is 304 g/mol. The first kappa shape index (κ1) is 16.3. The summed E-state index contributed by atoms with van der Waals surface area (Å²) in [6.07, 6.45) is 1.56. The number of aromatic nitrogens is 1. The van der Waals surface area contributed by atoms with Crippen LogP contribution < -0.4 is 9.64 Å². The van der Waals surface area contributed by atoms with Crippen molar-refractivity contribution < 1.29 is 14.6 Å². The second kappa shape index (κ2) is 6.91. The van der Waals surface area contributed by atoms with Gasteiger partial charge in [0.2, 0.25) is 0 Å². The number of aryl methyl sites for hydroxylation is 1. The van der Waals surface area contributed by atoms with Crippen LogP contribution in [0.1, 0.15) is 31.5 Å². The number of nitrogens with zero attached hydrogens (tertiary/aromatic N) is 2. The molecule has 0 spiro atoms. The van der Waals surface area contributed by atoms with Crippen LogP contribution in [0.2, 0.25) is 0 Å². The zero-order chi connectivity index (χ0) is 17.1. The Kier molecular flexibility index (Phi) is 4.69. The van der Waals surface area contributed by atoms with Crippen molar-refractivity contribution in [2.24, 2.45) is 0 Å². The van der Waals surface area contributed by atoms with Crippen molar-refractivity contribution in [3.63, 3.8) is 0 Å². The number of rotatable bonds is 5. The highest BCUT2D eigenvalue weighted by Crippen LogP contribution is 2.44. The van der Waals surface area contributed by atoms with Gasteiger partial charge in [0.25, 0.3) is 0 Å². The summed E-state index contributed by atoms with van der Waals surface area (Å²) in [6.45, 7) is 5.55. The number of carboxylic acid groups (broad SMARTS) is 1. The SMILES string of the molecule is CCN(CC)c1nc2c(c(-c3ccccc3)c1OC(=O)O)CCC2. The van der Waals surface area contributed by atoms with Gasteiger partial charge in [0, 0.05) is 24.3 Å². The number of hydrogen-bond donors (Lipinski definition) is 1. The van der Waals surface area contributed by atoms with Crippen LogP contribution in [0.15, 0.2) is 30.3 Å². The molecule has 5 heteroatoms. The molecule has 1 aromatic carbocycles. The molecule has 5 nitrogen and oxygen atoms in total. The van der Waals surface area contributed by atoms with Crippen LogP contribution in [0.5, 0.6) is 5.75 Å². The summed E-state index contributed by atoms with van der Waals surface area (Å²) in [5, 5.41) is 9.27. The Labute approximate surface area is 141 Å². The van der Waals surface area contributed by atoms with E-state index in [9.17, 15) is 9.90 Å². The minimum absolute atomic E-state index is 0.359. The van der Waals surface area contributed by atoms with Crippen molar-refractivity contribution in [3.05, 3.63) is 41.6 Å². The number of hydrogen-bond acceptors (Lipinski definition) is 4. The Morgan fingerprint density at radius 3 is 2.54 bits per heavy atom. The summed E-state index contributed by atoms with van der Waals surface area (Å²) in [6, 6.07) is 9.86. The van der Waals surface area contributed by atoms with E-state index in [1.807, 2.05) is 49.1 Å². The number of ether oxygens (including phenoxy) is 1. The zero-order valence-electron chi connectivity index (χ0n) is 14.1. The normalized spacial score (nSPS) is 12.8. The monoisotopic (exact) mass is 326 g/mol. The number of anilines is 1. The van der Waals surface area contributed by atoms with E-state index < -0.39 is 6.16 Å². The highest BCUT2D eigenvalue weighted by atomic mass is 16.7. The number of fused-ring (bicyclic) bond motifs is 1. The first-order valence-corrected chi connectivity index (χ1v) is 8.42. The molecule has 0 aliphatic heterocycles. The standard InChI is InChI=1S/C19H22N2O3/c1-3-21(4-2)18-17(24-19(22)23)16(13-9-6-5-7-10-13)14-11-8-12-15(14)20-18/h5-7,9-10H,3-4,8,11-12H2,1-2H3,(H,22,23). The fourth-order valence-electron chi connectivity index (χ4n) is 3.38. The smallest absolute Gasteiger partial charge is 0.449 e. The maximum absolute atomic E-state index is 11.3. The molecule has 3 rings (SSSR count). The van der Waals surface area contributed by atoms with E-state index >= 15 is 0 Å². The summed E-state index contributed by atoms with van der Waals surface area (Å²) in [5.41, 5.74) is 4.03. The molecule has 0 fully saturated rings. The Hall–Kier alpha value is -2.56. The third-order valence-electron chi connectivity index (χ3n) is 4.48. The number of benzene rings is 1. The van der Waals surface area contributed by atoms with Gasteiger partial charge < -0.3 is 14.7 Å². The van der Waals surface area contributed by atoms with Gasteiger partial charge in [-0.2, -0.15) is 0 Å². The lowest BCUT2D eigenvalue weighted by Gasteiger charge is -2.25. The van der Waals surface area contributed by atoms with E-state index in [4.69, 9.17) is 9.72 Å². The van der Waals surface area contributed by atoms with Crippen LogP contribution in [0.3, 0.4) is 0 Å². The molecule has 0 bridgehead atoms. The molecule has 0 unspecified atom stereocenters. The highest BCUT2D eigenvalue weighted by molar-refractivity contribution is 5.83. The average Bonchev–Trinajstić information content (AvgIpc) is 3.04. The second-order valence-corrected chi connectivity index (χ2v) is 5.82. The van der Waals surface area contributed by atoms with Crippen molar-refractivity contribution in [2.75, 3.05) is 18.0 Å². The number of pyridine rings is 1. The first-order chi connectivity index (χ1) is 11.7. The second-order valence-electron chi connectivity index (χ2n) is 5.82. The molecule has 1 aromatic heterocycles. The number of carbonyl (C=O) groups is 1. The van der Waals surface area contributed by atoms with Gasteiger partial charge in [-0.1, -0.05) is 30.3 Å². The van der Waals surface area contributed by atoms with Crippen molar-refractivity contribution in [2.45, 2.75) is 33.1 Å². The van der Waals surface area contributed by atoms with E-state index in [-0.39, 0.29) is 0 Å². The lowest BCUT2D eigenvalue weighted by Crippen LogP contribution is -2.25. The van der Waals surface area contributed by atoms with Gasteiger partial charge in [-0.25, -0.2) is 9.78 Å². The largest absolute Gasteiger partial charge is 0.511 e. The van der Waals surface area contributed by atoms with E-state index in [0.717, 1.165) is 54.7 Å². The Morgan fingerprint density at radius 1 is 1.21 bits per heavy atom. The van der Waals surface area contributed by atoms with Gasteiger partial charge in [-0.05, 0) is 44.2 Å². The zero-order valence-corrected chi connectivity index (χ0v) is 14.1. The molecule has 0 radical (unpaired) electrons. The van der Waals surface area contributed by atoms with Crippen LogP contribution in [0.4, 0.5) is 10.6 Å². The fourth-order valence-corrected chi connectivity index (χ4v) is 3.38. The quantitative estimate of drug-likeness (QED) is 0.837. The molecule has 2 aromatic rings. The lowest BCUT2D eigenvalue weighted by atomic mass is 9.98. The molecule has 24 heavy (non-hydrogen) atoms. The van der Waals surface area contributed by atoms with E-state index in [0.29, 0.717) is 11.6 Å². The van der Waals surface area contributed by atoms with Crippen LogP contribution in [0, 0.1) is 0 Å². The van der Waals surface area contributed by atoms with Gasteiger partial charge in [0.05, 0.1) is 0 Å². The molecule has 0 saturated carbocycles. The summed E-state index contributed by atoms with van der Waals surface area (Å²) in [5.74, 6) is 0.986. The van der Waals surface area contributed by atoms with Crippen LogP contribution in [0.25, 0.3) is 11.1 Å². The average molecular weight is 326 g/mol. The third-order valence-corrected chi connectivity index (χ3v) is 4.48. The predicted molar refractivity (Wildman–Crippen MR) is 93.9 cm³/mol. The van der Waals surface area contributed by atoms with Crippen LogP contribution >= 0.6 is 0 Å². The van der Waals surface area contributed by atoms with E-state index in [1.54, 1.807) is 0 Å².